The van der Waals surface area contributed by atoms with Gasteiger partial charge in [-0.05, 0) is 31.4 Å². The Morgan fingerprint density at radius 1 is 1.28 bits per heavy atom. The number of hydrogen-bond donors (Lipinski definition) is 2. The molecule has 2 aliphatic heterocycles. The highest BCUT2D eigenvalue weighted by Crippen LogP contribution is 2.41. The van der Waals surface area contributed by atoms with E-state index in [4.69, 9.17) is 16.3 Å². The van der Waals surface area contributed by atoms with Crippen LogP contribution in [0.2, 0.25) is 5.02 Å². The minimum atomic E-state index is -1.32. The van der Waals surface area contributed by atoms with Crippen molar-refractivity contribution in [1.29, 1.82) is 0 Å². The lowest BCUT2D eigenvalue weighted by Gasteiger charge is -2.27. The molecule has 1 aromatic carbocycles. The maximum atomic E-state index is 15.0. The van der Waals surface area contributed by atoms with Crippen LogP contribution in [0.25, 0.3) is 11.0 Å². The van der Waals surface area contributed by atoms with Gasteiger partial charge >= 0.3 is 0 Å². The number of nitrogens with one attached hydrogen (secondary N) is 2. The van der Waals surface area contributed by atoms with E-state index in [0.717, 1.165) is 19.5 Å². The minimum absolute atomic E-state index is 0.105. The van der Waals surface area contributed by atoms with Crippen molar-refractivity contribution in [3.05, 3.63) is 35.5 Å². The van der Waals surface area contributed by atoms with Crippen LogP contribution in [0, 0.1) is 5.82 Å². The fourth-order valence-electron chi connectivity index (χ4n) is 4.23. The lowest BCUT2D eigenvalue weighted by Crippen LogP contribution is -2.44. The molecule has 32 heavy (non-hydrogen) atoms. The van der Waals surface area contributed by atoms with Gasteiger partial charge in [0.25, 0.3) is 0 Å². The molecular weight excluding hydrogens is 440 g/mol. The minimum Gasteiger partial charge on any atom is -0.489 e. The maximum absolute atomic E-state index is 15.0. The van der Waals surface area contributed by atoms with Gasteiger partial charge in [0.15, 0.2) is 11.6 Å². The molecule has 0 unspecified atom stereocenters. The zero-order valence-corrected chi connectivity index (χ0v) is 17.7. The van der Waals surface area contributed by atoms with Gasteiger partial charge in [0, 0.05) is 25.2 Å². The van der Waals surface area contributed by atoms with Crippen LogP contribution in [-0.2, 0) is 0 Å². The highest BCUT2D eigenvalue weighted by atomic mass is 35.5. The van der Waals surface area contributed by atoms with Gasteiger partial charge in [0.05, 0.1) is 11.9 Å². The van der Waals surface area contributed by atoms with Crippen LogP contribution in [0.15, 0.2) is 24.7 Å². The lowest BCUT2D eigenvalue weighted by atomic mass is 10.2. The zero-order chi connectivity index (χ0) is 21.9. The number of halogens is 3. The largest absolute Gasteiger partial charge is 0.489 e. The Kier molecular flexibility index (Phi) is 4.55. The molecule has 3 fully saturated rings. The first-order valence-electron chi connectivity index (χ1n) is 10.5. The van der Waals surface area contributed by atoms with Crippen LogP contribution in [0.3, 0.4) is 0 Å². The molecule has 2 saturated heterocycles. The molecule has 1 aliphatic carbocycles. The second kappa shape index (κ2) is 7.35. The van der Waals surface area contributed by atoms with E-state index < -0.39 is 11.5 Å². The number of fused-ring (bicyclic) bond motifs is 3. The summed E-state index contributed by atoms with van der Waals surface area (Å²) in [5.74, 6) is 0.336. The van der Waals surface area contributed by atoms with E-state index in [2.05, 4.69) is 35.5 Å². The van der Waals surface area contributed by atoms with Gasteiger partial charge in [-0.15, -0.1) is 0 Å². The lowest BCUT2D eigenvalue weighted by molar-refractivity contribution is 0.177. The molecule has 4 heterocycles. The second-order valence-electron chi connectivity index (χ2n) is 8.58. The molecule has 3 aliphatic rings. The molecule has 3 aromatic rings. The number of aromatic nitrogens is 4. The predicted octanol–water partition coefficient (Wildman–Crippen LogP) is 3.39. The molecule has 2 atom stereocenters. The normalized spacial score (nSPS) is 23.0. The first kappa shape index (κ1) is 19.8. The highest BCUT2D eigenvalue weighted by molar-refractivity contribution is 6.32. The number of alkyl halides is 1. The number of benzene rings is 1. The van der Waals surface area contributed by atoms with Gasteiger partial charge in [0.2, 0.25) is 5.95 Å². The number of ether oxygens (including phenoxy) is 1. The fourth-order valence-corrected chi connectivity index (χ4v) is 4.45. The highest BCUT2D eigenvalue weighted by Gasteiger charge is 2.44. The molecule has 2 bridgehead atoms. The summed E-state index contributed by atoms with van der Waals surface area (Å²) < 4.78 is 34.2. The van der Waals surface area contributed by atoms with Crippen molar-refractivity contribution in [2.75, 3.05) is 29.9 Å². The third-order valence-corrected chi connectivity index (χ3v) is 6.61. The summed E-state index contributed by atoms with van der Waals surface area (Å²) >= 11 is 6.15. The van der Waals surface area contributed by atoms with Crippen molar-refractivity contribution in [2.24, 2.45) is 0 Å². The fraction of sp³-hybridized carbons (Fsp3) is 0.429. The average molecular weight is 460 g/mol. The van der Waals surface area contributed by atoms with E-state index in [-0.39, 0.29) is 23.1 Å². The number of hydrogen-bond acceptors (Lipinski definition) is 8. The van der Waals surface area contributed by atoms with E-state index in [9.17, 15) is 8.78 Å². The summed E-state index contributed by atoms with van der Waals surface area (Å²) in [6, 6.07) is 3.81. The molecule has 2 N–H and O–H groups in total. The monoisotopic (exact) mass is 459 g/mol. The van der Waals surface area contributed by atoms with Gasteiger partial charge < -0.3 is 20.3 Å². The SMILES string of the molecule is Fc1c(Nc2ncnc3cnc(N4C[C@@H]5C[C@H]4CN5)nc23)ccc(OCC2(F)CC2)c1Cl. The number of anilines is 3. The van der Waals surface area contributed by atoms with Gasteiger partial charge in [-0.3, -0.25) is 0 Å². The predicted molar refractivity (Wildman–Crippen MR) is 116 cm³/mol. The Morgan fingerprint density at radius 2 is 2.16 bits per heavy atom. The van der Waals surface area contributed by atoms with Crippen LogP contribution in [0.1, 0.15) is 19.3 Å². The Labute approximate surface area is 187 Å². The molecule has 8 nitrogen and oxygen atoms in total. The van der Waals surface area contributed by atoms with Crippen molar-refractivity contribution in [3.8, 4) is 5.75 Å². The first-order chi connectivity index (χ1) is 15.5. The molecule has 1 saturated carbocycles. The Balaban J connectivity index is 1.29. The van der Waals surface area contributed by atoms with Crippen molar-refractivity contribution < 1.29 is 13.5 Å². The standard InChI is InChI=1S/C21H20ClF2N7O/c22-16-15(32-9-21(24)3-4-21)2-1-13(17(16)23)29-19-18-14(27-10-28-19)7-26-20(30-18)31-8-11-5-12(31)6-25-11/h1-2,7,10-12,25H,3-6,8-9H2,(H,27,28,29)/t11-,12-/m0/s1. The molecule has 0 spiro atoms. The summed E-state index contributed by atoms with van der Waals surface area (Å²) in [6.45, 7) is 1.62. The average Bonchev–Trinajstić information content (AvgIpc) is 3.20. The number of nitrogens with zero attached hydrogens (tertiary/aromatic N) is 5. The molecular formula is C21H20ClF2N7O. The third kappa shape index (κ3) is 3.47. The summed E-state index contributed by atoms with van der Waals surface area (Å²) in [6.07, 6.45) is 4.98. The van der Waals surface area contributed by atoms with Crippen molar-refractivity contribution in [3.63, 3.8) is 0 Å². The summed E-state index contributed by atoms with van der Waals surface area (Å²) in [4.78, 5) is 19.8. The third-order valence-electron chi connectivity index (χ3n) is 6.26. The molecule has 2 aromatic heterocycles. The van der Waals surface area contributed by atoms with Gasteiger partial charge in [-0.2, -0.15) is 0 Å². The molecule has 0 amide bonds. The van der Waals surface area contributed by atoms with Crippen molar-refractivity contribution >= 4 is 40.1 Å². The van der Waals surface area contributed by atoms with E-state index in [1.165, 1.54) is 18.5 Å². The molecule has 11 heteroatoms. The number of rotatable bonds is 6. The first-order valence-corrected chi connectivity index (χ1v) is 10.9. The Hall–Kier alpha value is -2.85. The van der Waals surface area contributed by atoms with Gasteiger partial charge in [-0.1, -0.05) is 11.6 Å². The number of piperazine rings is 1. The Bertz CT molecular complexity index is 1210. The van der Waals surface area contributed by atoms with Crippen molar-refractivity contribution in [2.45, 2.75) is 37.0 Å². The summed E-state index contributed by atoms with van der Waals surface area (Å²) in [5.41, 5.74) is -0.192. The molecule has 0 radical (unpaired) electrons. The van der Waals surface area contributed by atoms with Gasteiger partial charge in [-0.25, -0.2) is 28.7 Å². The van der Waals surface area contributed by atoms with Gasteiger partial charge in [0.1, 0.15) is 40.4 Å². The van der Waals surface area contributed by atoms with Crippen LogP contribution in [0.4, 0.5) is 26.2 Å². The summed E-state index contributed by atoms with van der Waals surface area (Å²) in [7, 11) is 0. The van der Waals surface area contributed by atoms with Crippen molar-refractivity contribution in [1.82, 2.24) is 25.3 Å². The van der Waals surface area contributed by atoms with Crippen LogP contribution in [-0.4, -0.2) is 57.4 Å². The van der Waals surface area contributed by atoms with Crippen LogP contribution < -0.4 is 20.3 Å². The van der Waals surface area contributed by atoms with E-state index in [1.54, 1.807) is 6.20 Å². The molecule has 166 valence electrons. The quantitative estimate of drug-likeness (QED) is 0.580. The topological polar surface area (TPSA) is 88.1 Å². The Morgan fingerprint density at radius 3 is 2.91 bits per heavy atom. The van der Waals surface area contributed by atoms with E-state index in [0.29, 0.717) is 47.7 Å². The van der Waals surface area contributed by atoms with Crippen LogP contribution >= 0.6 is 11.6 Å². The summed E-state index contributed by atoms with van der Waals surface area (Å²) in [5, 5.41) is 6.20. The van der Waals surface area contributed by atoms with Crippen LogP contribution in [0.5, 0.6) is 5.75 Å². The zero-order valence-electron chi connectivity index (χ0n) is 17.0. The van der Waals surface area contributed by atoms with E-state index in [1.807, 2.05) is 0 Å². The molecule has 6 rings (SSSR count). The van der Waals surface area contributed by atoms with E-state index >= 15 is 0 Å². The second-order valence-corrected chi connectivity index (χ2v) is 8.95. The smallest absolute Gasteiger partial charge is 0.226 e. The maximum Gasteiger partial charge on any atom is 0.226 e.